The highest BCUT2D eigenvalue weighted by molar-refractivity contribution is 5.77. The van der Waals surface area contributed by atoms with Gasteiger partial charge >= 0.3 is 6.18 Å². The second-order valence-electron chi connectivity index (χ2n) is 6.95. The maximum atomic E-state index is 13.3. The lowest BCUT2D eigenvalue weighted by Crippen LogP contribution is -2.49. The summed E-state index contributed by atoms with van der Waals surface area (Å²) in [6, 6.07) is 2.19. The van der Waals surface area contributed by atoms with E-state index in [2.05, 4.69) is 5.32 Å². The molecule has 2 N–H and O–H groups in total. The van der Waals surface area contributed by atoms with Crippen molar-refractivity contribution in [2.75, 3.05) is 0 Å². The van der Waals surface area contributed by atoms with Crippen LogP contribution in [0.5, 0.6) is 0 Å². The molecule has 1 amide bonds. The smallest absolute Gasteiger partial charge is 0.425 e. The summed E-state index contributed by atoms with van der Waals surface area (Å²) in [6.07, 6.45) is -3.59. The first-order chi connectivity index (χ1) is 10.5. The zero-order chi connectivity index (χ0) is 17.5. The molecule has 2 rings (SSSR count). The topological polar surface area (TPSA) is 62.5 Å². The Morgan fingerprint density at radius 1 is 1.43 bits per heavy atom. The third kappa shape index (κ3) is 3.54. The third-order valence-electron chi connectivity index (χ3n) is 4.63. The molecule has 0 aromatic carbocycles. The maximum Gasteiger partial charge on any atom is 0.425 e. The number of hydrogen-bond acceptors (Lipinski definition) is 3. The van der Waals surface area contributed by atoms with Gasteiger partial charge in [-0.25, -0.2) is 0 Å². The molecule has 0 bridgehead atoms. The minimum atomic E-state index is -5.01. The van der Waals surface area contributed by atoms with Gasteiger partial charge < -0.3 is 14.8 Å². The Morgan fingerprint density at radius 2 is 2.09 bits per heavy atom. The fourth-order valence-corrected chi connectivity index (χ4v) is 3.06. The zero-order valence-electron chi connectivity index (χ0n) is 13.5. The van der Waals surface area contributed by atoms with Gasteiger partial charge in [-0.1, -0.05) is 20.3 Å². The fourth-order valence-electron chi connectivity index (χ4n) is 3.06. The number of nitrogens with one attached hydrogen (secondary N) is 1. The van der Waals surface area contributed by atoms with Gasteiger partial charge in [-0.05, 0) is 37.3 Å². The van der Waals surface area contributed by atoms with E-state index in [4.69, 9.17) is 4.42 Å². The summed E-state index contributed by atoms with van der Waals surface area (Å²) in [6.45, 7) is 5.41. The van der Waals surface area contributed by atoms with Crippen molar-refractivity contribution in [3.63, 3.8) is 0 Å². The van der Waals surface area contributed by atoms with Gasteiger partial charge in [-0.3, -0.25) is 4.79 Å². The maximum absolute atomic E-state index is 13.3. The average molecular weight is 333 g/mol. The molecule has 0 radical (unpaired) electrons. The molecule has 1 aliphatic rings. The first kappa shape index (κ1) is 17.8. The van der Waals surface area contributed by atoms with Crippen molar-refractivity contribution < 1.29 is 27.5 Å². The lowest BCUT2D eigenvalue weighted by Gasteiger charge is -2.31. The van der Waals surface area contributed by atoms with Crippen LogP contribution in [-0.4, -0.2) is 23.2 Å². The highest BCUT2D eigenvalue weighted by Crippen LogP contribution is 2.43. The van der Waals surface area contributed by atoms with Gasteiger partial charge in [0, 0.05) is 6.04 Å². The largest absolute Gasteiger partial charge is 0.463 e. The van der Waals surface area contributed by atoms with Crippen molar-refractivity contribution >= 4 is 5.91 Å². The van der Waals surface area contributed by atoms with E-state index in [0.29, 0.717) is 0 Å². The number of rotatable bonds is 4. The van der Waals surface area contributed by atoms with Crippen LogP contribution in [0.4, 0.5) is 13.2 Å². The number of aryl methyl sites for hydroxylation is 1. The van der Waals surface area contributed by atoms with E-state index in [-0.39, 0.29) is 17.2 Å². The Hall–Kier alpha value is -1.50. The molecule has 23 heavy (non-hydrogen) atoms. The number of aliphatic hydroxyl groups is 1. The van der Waals surface area contributed by atoms with Crippen molar-refractivity contribution in [3.8, 4) is 0 Å². The predicted octanol–water partition coefficient (Wildman–Crippen LogP) is 3.42. The second-order valence-corrected chi connectivity index (χ2v) is 6.95. The Bertz CT molecular complexity index is 579. The number of halogens is 3. The summed E-state index contributed by atoms with van der Waals surface area (Å²) in [5.74, 6) is -1.26. The monoisotopic (exact) mass is 333 g/mol. The molecule has 1 aromatic heterocycles. The quantitative estimate of drug-likeness (QED) is 0.887. The lowest BCUT2D eigenvalue weighted by molar-refractivity contribution is -0.273. The van der Waals surface area contributed by atoms with E-state index in [9.17, 15) is 23.1 Å². The molecule has 2 unspecified atom stereocenters. The molecule has 0 saturated heterocycles. The zero-order valence-corrected chi connectivity index (χ0v) is 13.5. The minimum absolute atomic E-state index is 0.159. The number of carbonyl (C=O) groups excluding carboxylic acids is 1. The fraction of sp³-hybridized carbons (Fsp3) is 0.688. The summed E-state index contributed by atoms with van der Waals surface area (Å²) >= 11 is 0. The molecule has 1 aromatic rings. The standard InChI is InChI=1S/C16H22F3NO3/c1-10-6-7-12(23-10)15(22,16(17,18)19)9-13(21)20-11-5-4-8-14(11,2)3/h6-7,11,22H,4-5,8-9H2,1-3H3,(H,20,21). The molecule has 130 valence electrons. The molecule has 4 nitrogen and oxygen atoms in total. The van der Waals surface area contributed by atoms with Gasteiger partial charge in [0.1, 0.15) is 11.5 Å². The van der Waals surface area contributed by atoms with Crippen LogP contribution < -0.4 is 5.32 Å². The summed E-state index contributed by atoms with van der Waals surface area (Å²) in [5, 5.41) is 12.8. The van der Waals surface area contributed by atoms with Crippen LogP contribution >= 0.6 is 0 Å². The first-order valence-corrected chi connectivity index (χ1v) is 7.61. The van der Waals surface area contributed by atoms with Gasteiger partial charge in [-0.15, -0.1) is 0 Å². The molecular formula is C16H22F3NO3. The second kappa shape index (κ2) is 5.85. The van der Waals surface area contributed by atoms with E-state index in [1.165, 1.54) is 13.0 Å². The molecule has 1 fully saturated rings. The average Bonchev–Trinajstić information content (AvgIpc) is 2.95. The third-order valence-corrected chi connectivity index (χ3v) is 4.63. The normalized spacial score (nSPS) is 23.5. The molecule has 7 heteroatoms. The SMILES string of the molecule is Cc1ccc(C(O)(CC(=O)NC2CCCC2(C)C)C(F)(F)F)o1. The predicted molar refractivity (Wildman–Crippen MR) is 77.6 cm³/mol. The van der Waals surface area contributed by atoms with Gasteiger partial charge in [0.25, 0.3) is 0 Å². The van der Waals surface area contributed by atoms with Crippen LogP contribution in [0.1, 0.15) is 51.1 Å². The van der Waals surface area contributed by atoms with E-state index in [1.54, 1.807) is 0 Å². The molecule has 1 heterocycles. The van der Waals surface area contributed by atoms with Crippen LogP contribution in [-0.2, 0) is 10.4 Å². The lowest BCUT2D eigenvalue weighted by atomic mass is 9.87. The minimum Gasteiger partial charge on any atom is -0.463 e. The Kier molecular flexibility index (Phi) is 4.54. The molecule has 2 atom stereocenters. The molecule has 1 saturated carbocycles. The molecular weight excluding hydrogens is 311 g/mol. The van der Waals surface area contributed by atoms with Crippen LogP contribution in [0.25, 0.3) is 0 Å². The van der Waals surface area contributed by atoms with Crippen molar-refractivity contribution in [2.24, 2.45) is 5.41 Å². The van der Waals surface area contributed by atoms with E-state index in [0.717, 1.165) is 25.3 Å². The summed E-state index contributed by atoms with van der Waals surface area (Å²) < 4.78 is 44.9. The number of furan rings is 1. The van der Waals surface area contributed by atoms with Gasteiger partial charge in [0.15, 0.2) is 0 Å². The van der Waals surface area contributed by atoms with Crippen LogP contribution in [0.2, 0.25) is 0 Å². The highest BCUT2D eigenvalue weighted by atomic mass is 19.4. The van der Waals surface area contributed by atoms with Crippen LogP contribution in [0.15, 0.2) is 16.5 Å². The van der Waals surface area contributed by atoms with Crippen molar-refractivity contribution in [1.82, 2.24) is 5.32 Å². The Labute approximate surface area is 133 Å². The number of carbonyl (C=O) groups is 1. The van der Waals surface area contributed by atoms with E-state index >= 15 is 0 Å². The molecule has 1 aliphatic carbocycles. The van der Waals surface area contributed by atoms with Gasteiger partial charge in [-0.2, -0.15) is 13.2 Å². The van der Waals surface area contributed by atoms with E-state index < -0.39 is 29.9 Å². The number of hydrogen-bond donors (Lipinski definition) is 2. The Balaban J connectivity index is 2.17. The van der Waals surface area contributed by atoms with Crippen molar-refractivity contribution in [2.45, 2.75) is 64.3 Å². The number of amides is 1. The van der Waals surface area contributed by atoms with Gasteiger partial charge in [0.2, 0.25) is 11.5 Å². The molecule has 0 spiro atoms. The summed E-state index contributed by atoms with van der Waals surface area (Å²) in [4.78, 5) is 12.1. The van der Waals surface area contributed by atoms with Crippen molar-refractivity contribution in [1.29, 1.82) is 0 Å². The summed E-state index contributed by atoms with van der Waals surface area (Å²) in [5.41, 5.74) is -3.48. The van der Waals surface area contributed by atoms with E-state index in [1.807, 2.05) is 13.8 Å². The van der Waals surface area contributed by atoms with Gasteiger partial charge in [0.05, 0.1) is 6.42 Å². The van der Waals surface area contributed by atoms with Crippen LogP contribution in [0.3, 0.4) is 0 Å². The molecule has 0 aliphatic heterocycles. The van der Waals surface area contributed by atoms with Crippen molar-refractivity contribution in [3.05, 3.63) is 23.7 Å². The first-order valence-electron chi connectivity index (χ1n) is 7.61. The summed E-state index contributed by atoms with van der Waals surface area (Å²) in [7, 11) is 0. The highest BCUT2D eigenvalue weighted by Gasteiger charge is 2.58. The van der Waals surface area contributed by atoms with Crippen LogP contribution in [0, 0.1) is 12.3 Å². The Morgan fingerprint density at radius 3 is 2.52 bits per heavy atom. The number of alkyl halides is 3.